The Kier molecular flexibility index (Phi) is 38.6. The van der Waals surface area contributed by atoms with Crippen LogP contribution in [-0.4, -0.2) is 96.7 Å². The summed E-state index contributed by atoms with van der Waals surface area (Å²) in [6, 6.07) is 0. The van der Waals surface area contributed by atoms with E-state index in [1.54, 1.807) is 5.32 Å². The summed E-state index contributed by atoms with van der Waals surface area (Å²) >= 11 is 0. The minimum absolute atomic E-state index is 0.182. The summed E-state index contributed by atoms with van der Waals surface area (Å²) in [5, 5.41) is 21.1. The van der Waals surface area contributed by atoms with Gasteiger partial charge in [-0.1, -0.05) is 40.9 Å². The molecule has 0 aliphatic heterocycles. The molecule has 0 bridgehead atoms. The summed E-state index contributed by atoms with van der Waals surface area (Å²) in [4.78, 5) is 83.1. The molecule has 0 unspecified atom stereocenters. The second kappa shape index (κ2) is 48.3. The Morgan fingerprint density at radius 2 is 0.486 bits per heavy atom. The number of sulfone groups is 1. The van der Waals surface area contributed by atoms with E-state index in [1.165, 1.54) is 4.72 Å². The van der Waals surface area contributed by atoms with E-state index in [1.807, 2.05) is 39.3 Å². The summed E-state index contributed by atoms with van der Waals surface area (Å²) in [7, 11) is -10.7. The van der Waals surface area contributed by atoms with Crippen molar-refractivity contribution in [2.45, 2.75) is 66.9 Å². The van der Waals surface area contributed by atoms with Gasteiger partial charge in [0.2, 0.25) is 10.0 Å². The molecule has 0 aromatic heterocycles. The fourth-order valence-electron chi connectivity index (χ4n) is 11.1. The van der Waals surface area contributed by atoms with E-state index in [4.69, 9.17) is 53.7 Å². The number of hydrogen-bond donors (Lipinski definition) is 2. The lowest BCUT2D eigenvalue weighted by Crippen LogP contribution is -2.31. The number of nitrogens with one attached hydrogen (secondary N) is 2. The third kappa shape index (κ3) is 24.0. The number of Topliss-reactive ketones (excluding diaryl/α,β-unsaturated/α-hetero) is 1. The number of hydrogen-bond acceptors (Lipinski definition) is 22. The van der Waals surface area contributed by atoms with Crippen LogP contribution in [0.4, 0.5) is 186 Å². The van der Waals surface area contributed by atoms with E-state index < -0.39 is 394 Å². The highest BCUT2D eigenvalue weighted by atomic mass is 32.2. The Balaban J connectivity index is 0.000000290. The minimum atomic E-state index is -5.45. The van der Waals surface area contributed by atoms with Crippen molar-refractivity contribution in [3.05, 3.63) is 303 Å². The number of amides is 1. The predicted molar refractivity (Wildman–Crippen MR) is 396 cm³/mol. The van der Waals surface area contributed by atoms with Crippen molar-refractivity contribution >= 4 is 101 Å². The van der Waals surface area contributed by atoms with Gasteiger partial charge in [-0.05, 0) is 82.8 Å². The van der Waals surface area contributed by atoms with Crippen LogP contribution in [-0.2, 0) is 38.8 Å². The van der Waals surface area contributed by atoms with Crippen molar-refractivity contribution in [3.63, 3.8) is 0 Å². The van der Waals surface area contributed by atoms with Gasteiger partial charge < -0.3 is 24.3 Å². The van der Waals surface area contributed by atoms with Crippen molar-refractivity contribution in [2.75, 3.05) is 32.1 Å². The monoisotopic (exact) mass is 2100 g/mol. The van der Waals surface area contributed by atoms with Gasteiger partial charge in [0.25, 0.3) is 5.91 Å². The second-order valence-corrected chi connectivity index (χ2v) is 29.3. The van der Waals surface area contributed by atoms with Crippen LogP contribution < -0.4 is 10.0 Å². The summed E-state index contributed by atoms with van der Waals surface area (Å²) in [5.41, 5.74) is 41.2. The van der Waals surface area contributed by atoms with Gasteiger partial charge in [0, 0.05) is 58.8 Å². The molecule has 2 N–H and O–H groups in total. The lowest BCUT2D eigenvalue weighted by atomic mass is 9.94. The summed E-state index contributed by atoms with van der Waals surface area (Å²) in [5.74, 6) is -84.2. The molecule has 0 saturated heterocycles. The van der Waals surface area contributed by atoms with Crippen LogP contribution in [0.15, 0.2) is 50.7 Å². The lowest BCUT2D eigenvalue weighted by Gasteiger charge is -2.28. The molecule has 40 nitrogen and oxygen atoms in total. The van der Waals surface area contributed by atoms with E-state index in [9.17, 15) is 186 Å². The molecule has 0 radical (unpaired) electrons. The number of carbonyl (C=O) groups excluding carboxylic acids is 6. The Morgan fingerprint density at radius 1 is 0.275 bits per heavy atom. The molecule has 8 aromatic rings. The molecule has 1 saturated carbocycles. The van der Waals surface area contributed by atoms with Gasteiger partial charge in [-0.2, -0.15) is 0 Å². The number of ketones is 1. The Hall–Kier alpha value is -17.1. The third-order valence-corrected chi connectivity index (χ3v) is 20.7. The van der Waals surface area contributed by atoms with Crippen molar-refractivity contribution in [1.82, 2.24) is 10.0 Å². The molecular weight excluding hydrogens is 2080 g/mol. The van der Waals surface area contributed by atoms with Crippen LogP contribution in [0.25, 0.3) is 83.5 Å². The van der Waals surface area contributed by atoms with E-state index in [2.05, 4.69) is 50.4 Å². The van der Waals surface area contributed by atoms with E-state index >= 15 is 0 Å². The first-order valence-electron chi connectivity index (χ1n) is 35.6. The number of halogens is 32. The van der Waals surface area contributed by atoms with Crippen LogP contribution >= 0.6 is 0 Å². The van der Waals surface area contributed by atoms with Crippen molar-refractivity contribution in [3.8, 4) is 0 Å². The zero-order valence-corrected chi connectivity index (χ0v) is 68.6. The summed E-state index contributed by atoms with van der Waals surface area (Å²) in [6.45, 7) is -4.01. The smallest absolute Gasteiger partial charge is 0.344 e. The zero-order chi connectivity index (χ0) is 107. The lowest BCUT2D eigenvalue weighted by molar-refractivity contribution is -0.0119. The molecule has 1 aliphatic carbocycles. The first-order valence-corrected chi connectivity index (χ1v) is 38.8. The highest BCUT2D eigenvalue weighted by Gasteiger charge is 2.41. The number of nitrogens with zero attached hydrogens (tertiary/aromatic N) is 24. The van der Waals surface area contributed by atoms with E-state index in [-0.39, 0.29) is 25.7 Å². The van der Waals surface area contributed by atoms with Crippen molar-refractivity contribution in [1.29, 1.82) is 0 Å². The minimum Gasteiger partial charge on any atom is -0.459 e. The van der Waals surface area contributed by atoms with E-state index in [0.29, 0.717) is 0 Å². The molecule has 0 spiro atoms. The second-order valence-electron chi connectivity index (χ2n) is 25.6. The van der Waals surface area contributed by atoms with Gasteiger partial charge in [-0.3, -0.25) is 9.59 Å². The maximum Gasteiger partial charge on any atom is 0.344 e. The van der Waals surface area contributed by atoms with Crippen LogP contribution in [0.5, 0.6) is 0 Å². The molecule has 1 fully saturated rings. The number of esters is 4. The standard InChI is InChI=1S/C20H10F8N6O4.C17H7F8N7O2.C16H4F8N6O4.C15H7F8N7O4S2/c21-9-7(10(22)14(26)17(13(9)25)31-33-29)19(35)37-5-1-2-6(4-3-5)38-20(36)8-11(23)15(27)18(32-34-30)16(28)12(8)24;18-7-5(8(19)12(23)15(11(7)22)29-31-26)4(33)2-1-3-28-17(34)6-9(20)13(24)16(30-32-27)14(25)10(6)21;17-5-3(6(18)10(22)13(9(5)21)27-29-25)15(31)33-1-2-34-16(32)4-7(19)11(23)14(28-30-26)12(24)8(4)20;16-4-8(20)14(9(21)5(17)12(4)27-29-24)35(31,32)3-1-2-26-36(33,34)15-10(22)6(18)13(28-30-25)7(19)11(15)23/h5-6H,1-4H2;1-3H2,(H,28,34);1-2H2;26H,1-3H2. The average molecular weight is 2110 g/mol. The molecule has 0 atom stereocenters. The molecular formula is C68H28F32N26O14S2. The number of carbonyl (C=O) groups is 6. The van der Waals surface area contributed by atoms with Gasteiger partial charge in [-0.25, -0.2) is 181 Å². The third-order valence-electron chi connectivity index (χ3n) is 17.4. The summed E-state index contributed by atoms with van der Waals surface area (Å²) in [6.07, 6.45) is -5.30. The van der Waals surface area contributed by atoms with Crippen LogP contribution in [0.3, 0.4) is 0 Å². The predicted octanol–water partition coefficient (Wildman–Crippen LogP) is 23.6. The highest BCUT2D eigenvalue weighted by Crippen LogP contribution is 2.42. The van der Waals surface area contributed by atoms with Gasteiger partial charge in [0.05, 0.1) is 11.3 Å². The molecule has 9 rings (SSSR count). The number of ether oxygens (including phenoxy) is 4. The van der Waals surface area contributed by atoms with Gasteiger partial charge in [0.15, 0.2) is 207 Å². The number of rotatable bonds is 30. The number of sulfonamides is 1. The molecule has 0 heterocycles. The maximum absolute atomic E-state index is 14.1. The van der Waals surface area contributed by atoms with Crippen LogP contribution in [0.2, 0.25) is 0 Å². The largest absolute Gasteiger partial charge is 0.459 e. The molecule has 74 heteroatoms. The van der Waals surface area contributed by atoms with E-state index in [0.717, 1.165) is 0 Å². The van der Waals surface area contributed by atoms with Gasteiger partial charge in [-0.15, -0.1) is 0 Å². The highest BCUT2D eigenvalue weighted by molar-refractivity contribution is 7.91. The van der Waals surface area contributed by atoms with Gasteiger partial charge in [0.1, 0.15) is 104 Å². The Morgan fingerprint density at radius 3 is 0.725 bits per heavy atom. The molecule has 1 amide bonds. The first kappa shape index (κ1) is 114. The quantitative estimate of drug-likeness (QED) is 0.00486. The molecule has 8 aromatic carbocycles. The fraction of sp³-hybridized carbons (Fsp3) is 0.206. The van der Waals surface area contributed by atoms with Crippen LogP contribution in [0.1, 0.15) is 107 Å². The molecule has 1 aliphatic rings. The molecule has 142 heavy (non-hydrogen) atoms. The Bertz CT molecular complexity index is 6460. The maximum atomic E-state index is 14.1. The average Bonchev–Trinajstić information content (AvgIpc) is 0.755. The number of benzene rings is 8. The topological polar surface area (TPSA) is 622 Å². The SMILES string of the molecule is [N-]=[N+]=Nc1c(F)c(F)c(C(=O)CCCNC(=O)c2c(F)c(F)c(N=[N+]=[N-])c(F)c2F)c(F)c1F.[N-]=[N+]=Nc1c(F)c(F)c(C(=O)OC2CCC(OC(=O)c3c(F)c(F)c(N=[N+]=[N-])c(F)c3F)CC2)c(F)c1F.[N-]=[N+]=Nc1c(F)c(F)c(C(=O)OCCOC(=O)c2c(F)c(F)c(N=[N+]=[N-])c(F)c2F)c(F)c1F.[N-]=[N+]=Nc1c(F)c(F)c(S(=O)(=O)CCCNS(=O)(=O)c2c(F)c(F)c(N=[N+]=[N-])c(F)c2F)c(F)c1F. The van der Waals surface area contributed by atoms with Gasteiger partial charge >= 0.3 is 23.9 Å². The fourth-order valence-corrected chi connectivity index (χ4v) is 13.7. The first-order chi connectivity index (χ1) is 66.5. The normalized spacial score (nSPS) is 12.4. The van der Waals surface area contributed by atoms with Crippen molar-refractivity contribution in [2.24, 2.45) is 40.9 Å². The summed E-state index contributed by atoms with van der Waals surface area (Å²) < 4.78 is 512. The van der Waals surface area contributed by atoms with Crippen molar-refractivity contribution < 1.29 is 205 Å². The zero-order valence-electron chi connectivity index (χ0n) is 67.0. The number of azide groups is 8. The molecule has 750 valence electrons. The Labute approximate surface area is 756 Å². The van der Waals surface area contributed by atoms with Crippen LogP contribution in [0, 0.1) is 186 Å².